The Kier molecular flexibility index (Phi) is 6.93. The second kappa shape index (κ2) is 8.72. The van der Waals surface area contributed by atoms with Crippen molar-refractivity contribution in [1.29, 1.82) is 0 Å². The molecule has 0 spiro atoms. The number of halogens is 3. The van der Waals surface area contributed by atoms with Crippen molar-refractivity contribution in [2.24, 2.45) is 0 Å². The zero-order chi connectivity index (χ0) is 16.2. The summed E-state index contributed by atoms with van der Waals surface area (Å²) < 4.78 is 0. The number of nitrogens with zero attached hydrogens (tertiary/aromatic N) is 2. The van der Waals surface area contributed by atoms with Crippen molar-refractivity contribution in [3.05, 3.63) is 69.7 Å². The van der Waals surface area contributed by atoms with Crippen molar-refractivity contribution in [3.8, 4) is 0 Å². The standard InChI is InChI=1S/C18H18Cl2N2O.ClH/c19-16-7-6-15(12-17(16)20)18(23)22-10-8-21(9-11-22)13-14-4-2-1-3-5-14;/h1-7,12H,8-11,13H2;1H. The Morgan fingerprint density at radius 2 is 1.58 bits per heavy atom. The lowest BCUT2D eigenvalue weighted by molar-refractivity contribution is 0.0628. The van der Waals surface area contributed by atoms with Gasteiger partial charge in [-0.05, 0) is 23.8 Å². The number of piperazine rings is 1. The van der Waals surface area contributed by atoms with Gasteiger partial charge in [0.15, 0.2) is 0 Å². The van der Waals surface area contributed by atoms with Crippen molar-refractivity contribution >= 4 is 41.5 Å². The molecular formula is C18H19Cl3N2O. The summed E-state index contributed by atoms with van der Waals surface area (Å²) in [5, 5.41) is 0.885. The number of rotatable bonds is 3. The van der Waals surface area contributed by atoms with Crippen molar-refractivity contribution in [2.45, 2.75) is 6.54 Å². The summed E-state index contributed by atoms with van der Waals surface area (Å²) in [4.78, 5) is 16.8. The molecule has 1 amide bonds. The summed E-state index contributed by atoms with van der Waals surface area (Å²) in [5.74, 6) is 0.0166. The van der Waals surface area contributed by atoms with Crippen LogP contribution < -0.4 is 0 Å². The van der Waals surface area contributed by atoms with E-state index in [1.165, 1.54) is 5.56 Å². The fourth-order valence-corrected chi connectivity index (χ4v) is 3.06. The Labute approximate surface area is 158 Å². The van der Waals surface area contributed by atoms with Crippen molar-refractivity contribution in [1.82, 2.24) is 9.80 Å². The second-order valence-corrected chi connectivity index (χ2v) is 6.50. The first-order valence-electron chi connectivity index (χ1n) is 7.64. The number of amides is 1. The van der Waals surface area contributed by atoms with Gasteiger partial charge in [0, 0.05) is 38.3 Å². The van der Waals surface area contributed by atoms with Gasteiger partial charge in [0.25, 0.3) is 5.91 Å². The van der Waals surface area contributed by atoms with Crippen LogP contribution in [-0.4, -0.2) is 41.9 Å². The van der Waals surface area contributed by atoms with Crippen LogP contribution in [0.2, 0.25) is 10.0 Å². The third-order valence-electron chi connectivity index (χ3n) is 4.08. The summed E-state index contributed by atoms with van der Waals surface area (Å²) in [6, 6.07) is 15.4. The molecule has 1 aliphatic rings. The first-order chi connectivity index (χ1) is 11.1. The summed E-state index contributed by atoms with van der Waals surface area (Å²) in [6.07, 6.45) is 0. The minimum atomic E-state index is 0. The van der Waals surface area contributed by atoms with E-state index in [1.807, 2.05) is 11.0 Å². The van der Waals surface area contributed by atoms with Crippen molar-refractivity contribution in [3.63, 3.8) is 0 Å². The van der Waals surface area contributed by atoms with E-state index in [2.05, 4.69) is 29.2 Å². The average Bonchev–Trinajstić information content (AvgIpc) is 2.58. The third-order valence-corrected chi connectivity index (χ3v) is 4.81. The van der Waals surface area contributed by atoms with Crippen molar-refractivity contribution < 1.29 is 4.79 Å². The maximum absolute atomic E-state index is 12.5. The van der Waals surface area contributed by atoms with Gasteiger partial charge >= 0.3 is 0 Å². The van der Waals surface area contributed by atoms with Gasteiger partial charge < -0.3 is 4.90 Å². The molecule has 128 valence electrons. The minimum absolute atomic E-state index is 0. The van der Waals surface area contributed by atoms with Crippen LogP contribution in [0.15, 0.2) is 48.5 Å². The first-order valence-corrected chi connectivity index (χ1v) is 8.40. The van der Waals surface area contributed by atoms with Gasteiger partial charge in [-0.3, -0.25) is 9.69 Å². The Bertz CT molecular complexity index is 686. The van der Waals surface area contributed by atoms with Gasteiger partial charge in [-0.1, -0.05) is 53.5 Å². The molecule has 0 unspecified atom stereocenters. The van der Waals surface area contributed by atoms with Crippen LogP contribution in [-0.2, 0) is 6.54 Å². The predicted molar refractivity (Wildman–Crippen MR) is 101 cm³/mol. The molecule has 1 fully saturated rings. The van der Waals surface area contributed by atoms with E-state index in [4.69, 9.17) is 23.2 Å². The Morgan fingerprint density at radius 1 is 0.917 bits per heavy atom. The predicted octanol–water partition coefficient (Wildman–Crippen LogP) is 4.37. The lowest BCUT2D eigenvalue weighted by atomic mass is 10.1. The van der Waals surface area contributed by atoms with Crippen molar-refractivity contribution in [2.75, 3.05) is 26.2 Å². The monoisotopic (exact) mass is 384 g/mol. The molecule has 2 aromatic rings. The molecule has 6 heteroatoms. The molecule has 1 saturated heterocycles. The van der Waals surface area contributed by atoms with Crippen LogP contribution in [0.5, 0.6) is 0 Å². The highest BCUT2D eigenvalue weighted by atomic mass is 35.5. The molecule has 0 bridgehead atoms. The van der Waals surface area contributed by atoms with Gasteiger partial charge in [-0.2, -0.15) is 0 Å². The Balaban J connectivity index is 0.00000208. The maximum atomic E-state index is 12.5. The number of hydrogen-bond acceptors (Lipinski definition) is 2. The van der Waals surface area contributed by atoms with Gasteiger partial charge in [-0.15, -0.1) is 12.4 Å². The van der Waals surface area contributed by atoms with Crippen LogP contribution >= 0.6 is 35.6 Å². The lowest BCUT2D eigenvalue weighted by Gasteiger charge is -2.34. The molecule has 1 heterocycles. The molecule has 3 nitrogen and oxygen atoms in total. The molecule has 0 N–H and O–H groups in total. The van der Waals surface area contributed by atoms with E-state index >= 15 is 0 Å². The SMILES string of the molecule is Cl.O=C(c1ccc(Cl)c(Cl)c1)N1CCN(Cc2ccccc2)CC1. The Hall–Kier alpha value is -1.26. The van der Waals surface area contributed by atoms with Crippen LogP contribution in [0.4, 0.5) is 0 Å². The molecule has 3 rings (SSSR count). The second-order valence-electron chi connectivity index (χ2n) is 5.68. The van der Waals surface area contributed by atoms with Crippen LogP contribution in [0.25, 0.3) is 0 Å². The van der Waals surface area contributed by atoms with E-state index in [9.17, 15) is 4.79 Å². The average molecular weight is 386 g/mol. The fourth-order valence-electron chi connectivity index (χ4n) is 2.76. The van der Waals surface area contributed by atoms with E-state index in [0.717, 1.165) is 32.7 Å². The van der Waals surface area contributed by atoms with E-state index in [1.54, 1.807) is 18.2 Å². The number of carbonyl (C=O) groups excluding carboxylic acids is 1. The molecular weight excluding hydrogens is 367 g/mol. The summed E-state index contributed by atoms with van der Waals surface area (Å²) >= 11 is 11.9. The van der Waals surface area contributed by atoms with Crippen LogP contribution in [0, 0.1) is 0 Å². The van der Waals surface area contributed by atoms with E-state index < -0.39 is 0 Å². The first kappa shape index (κ1) is 19.1. The summed E-state index contributed by atoms with van der Waals surface area (Å²) in [5.41, 5.74) is 1.90. The van der Waals surface area contributed by atoms with E-state index in [-0.39, 0.29) is 18.3 Å². The zero-order valence-electron chi connectivity index (χ0n) is 13.1. The maximum Gasteiger partial charge on any atom is 0.253 e. The lowest BCUT2D eigenvalue weighted by Crippen LogP contribution is -2.48. The fraction of sp³-hybridized carbons (Fsp3) is 0.278. The van der Waals surface area contributed by atoms with Gasteiger partial charge in [0.05, 0.1) is 10.0 Å². The molecule has 24 heavy (non-hydrogen) atoms. The molecule has 0 radical (unpaired) electrons. The summed E-state index contributed by atoms with van der Waals surface area (Å²) in [7, 11) is 0. The molecule has 0 aliphatic carbocycles. The molecule has 0 saturated carbocycles. The highest BCUT2D eigenvalue weighted by molar-refractivity contribution is 6.42. The molecule has 2 aromatic carbocycles. The van der Waals surface area contributed by atoms with Gasteiger partial charge in [0.1, 0.15) is 0 Å². The normalized spacial score (nSPS) is 15.0. The highest BCUT2D eigenvalue weighted by Gasteiger charge is 2.22. The third kappa shape index (κ3) is 4.64. The number of hydrogen-bond donors (Lipinski definition) is 0. The number of benzene rings is 2. The van der Waals surface area contributed by atoms with Gasteiger partial charge in [0.2, 0.25) is 0 Å². The Morgan fingerprint density at radius 3 is 2.21 bits per heavy atom. The highest BCUT2D eigenvalue weighted by Crippen LogP contribution is 2.23. The smallest absolute Gasteiger partial charge is 0.253 e. The molecule has 1 aliphatic heterocycles. The number of carbonyl (C=O) groups is 1. The van der Waals surface area contributed by atoms with Gasteiger partial charge in [-0.25, -0.2) is 0 Å². The van der Waals surface area contributed by atoms with Crippen LogP contribution in [0.3, 0.4) is 0 Å². The van der Waals surface area contributed by atoms with E-state index in [0.29, 0.717) is 15.6 Å². The molecule has 0 atom stereocenters. The topological polar surface area (TPSA) is 23.6 Å². The largest absolute Gasteiger partial charge is 0.336 e. The minimum Gasteiger partial charge on any atom is -0.336 e. The zero-order valence-corrected chi connectivity index (χ0v) is 15.4. The summed E-state index contributed by atoms with van der Waals surface area (Å²) in [6.45, 7) is 4.14. The quantitative estimate of drug-likeness (QED) is 0.783. The van der Waals surface area contributed by atoms with Crippen LogP contribution in [0.1, 0.15) is 15.9 Å². The molecule has 0 aromatic heterocycles.